The van der Waals surface area contributed by atoms with E-state index in [1.165, 1.54) is 11.8 Å². The van der Waals surface area contributed by atoms with Crippen LogP contribution in [0.1, 0.15) is 24.3 Å². The van der Waals surface area contributed by atoms with E-state index in [0.717, 1.165) is 11.1 Å². The summed E-state index contributed by atoms with van der Waals surface area (Å²) in [5, 5.41) is 12.9. The molecule has 0 bridgehead atoms. The number of hydrogen-bond acceptors (Lipinski definition) is 5. The zero-order valence-corrected chi connectivity index (χ0v) is 18.4. The van der Waals surface area contributed by atoms with Crippen LogP contribution in [0.3, 0.4) is 0 Å². The monoisotopic (exact) mass is 452 g/mol. The summed E-state index contributed by atoms with van der Waals surface area (Å²) in [6, 6.07) is 21.0. The summed E-state index contributed by atoms with van der Waals surface area (Å²) < 4.78 is 7.34. The van der Waals surface area contributed by atoms with E-state index in [1.807, 2.05) is 72.2 Å². The third-order valence-electron chi connectivity index (χ3n) is 4.69. The Morgan fingerprint density at radius 2 is 1.87 bits per heavy atom. The Morgan fingerprint density at radius 3 is 2.61 bits per heavy atom. The fraction of sp³-hybridized carbons (Fsp3) is 0.174. The molecule has 2 aromatic carbocycles. The molecule has 2 aromatic heterocycles. The number of nitrogens with one attached hydrogen (secondary N) is 1. The van der Waals surface area contributed by atoms with Gasteiger partial charge in [-0.2, -0.15) is 0 Å². The summed E-state index contributed by atoms with van der Waals surface area (Å²) in [5.74, 6) is 1.48. The molecule has 0 saturated carbocycles. The first-order valence-corrected chi connectivity index (χ1v) is 11.2. The van der Waals surface area contributed by atoms with Crippen LogP contribution in [0.25, 0.3) is 11.4 Å². The third kappa shape index (κ3) is 5.18. The number of nitrogens with zero attached hydrogens (tertiary/aromatic N) is 3. The van der Waals surface area contributed by atoms with E-state index in [4.69, 9.17) is 16.0 Å². The second-order valence-corrected chi connectivity index (χ2v) is 8.30. The highest BCUT2D eigenvalue weighted by Gasteiger charge is 2.19. The Kier molecular flexibility index (Phi) is 6.74. The molecule has 1 amide bonds. The molecule has 31 heavy (non-hydrogen) atoms. The van der Waals surface area contributed by atoms with Gasteiger partial charge in [0.25, 0.3) is 0 Å². The minimum atomic E-state index is -0.205. The minimum absolute atomic E-state index is 0.109. The van der Waals surface area contributed by atoms with Crippen molar-refractivity contribution in [1.29, 1.82) is 0 Å². The molecule has 0 aliphatic heterocycles. The van der Waals surface area contributed by atoms with Gasteiger partial charge in [0, 0.05) is 5.56 Å². The van der Waals surface area contributed by atoms with Crippen LogP contribution in [0.4, 0.5) is 0 Å². The Hall–Kier alpha value is -3.03. The van der Waals surface area contributed by atoms with Gasteiger partial charge >= 0.3 is 0 Å². The van der Waals surface area contributed by atoms with Gasteiger partial charge in [-0.05, 0) is 36.8 Å². The van der Waals surface area contributed by atoms with Gasteiger partial charge in [-0.1, -0.05) is 65.8 Å². The van der Waals surface area contributed by atoms with E-state index in [1.54, 1.807) is 12.3 Å². The van der Waals surface area contributed by atoms with Crippen molar-refractivity contribution in [2.75, 3.05) is 5.75 Å². The van der Waals surface area contributed by atoms with Crippen LogP contribution in [0.5, 0.6) is 0 Å². The van der Waals surface area contributed by atoms with Crippen molar-refractivity contribution in [2.24, 2.45) is 0 Å². The first kappa shape index (κ1) is 21.2. The maximum atomic E-state index is 12.5. The first-order valence-electron chi connectivity index (χ1n) is 9.79. The fourth-order valence-corrected chi connectivity index (χ4v) is 4.14. The number of hydrogen-bond donors (Lipinski definition) is 1. The lowest BCUT2D eigenvalue weighted by Crippen LogP contribution is -2.28. The van der Waals surface area contributed by atoms with E-state index >= 15 is 0 Å². The summed E-state index contributed by atoms with van der Waals surface area (Å²) in [5.41, 5.74) is 1.91. The van der Waals surface area contributed by atoms with Gasteiger partial charge in [-0.3, -0.25) is 9.36 Å². The maximum Gasteiger partial charge on any atom is 0.231 e. The number of furan rings is 1. The van der Waals surface area contributed by atoms with Crippen LogP contribution in [0, 0.1) is 0 Å². The van der Waals surface area contributed by atoms with Gasteiger partial charge in [0.15, 0.2) is 11.0 Å². The highest BCUT2D eigenvalue weighted by atomic mass is 35.5. The van der Waals surface area contributed by atoms with Gasteiger partial charge in [-0.15, -0.1) is 10.2 Å². The second kappa shape index (κ2) is 9.85. The van der Waals surface area contributed by atoms with E-state index in [2.05, 4.69) is 15.5 Å². The highest BCUT2D eigenvalue weighted by Crippen LogP contribution is 2.30. The number of benzene rings is 2. The lowest BCUT2D eigenvalue weighted by molar-refractivity contribution is -0.119. The lowest BCUT2D eigenvalue weighted by atomic mass is 10.2. The highest BCUT2D eigenvalue weighted by molar-refractivity contribution is 7.99. The zero-order valence-electron chi connectivity index (χ0n) is 16.9. The Balaban J connectivity index is 1.54. The van der Waals surface area contributed by atoms with Crippen molar-refractivity contribution in [3.05, 3.63) is 89.3 Å². The average molecular weight is 453 g/mol. The number of carbonyl (C=O) groups excluding carboxylic acids is 1. The molecule has 8 heteroatoms. The number of rotatable bonds is 8. The van der Waals surface area contributed by atoms with Crippen LogP contribution in [-0.2, 0) is 11.3 Å². The van der Waals surface area contributed by atoms with Crippen LogP contribution < -0.4 is 5.32 Å². The molecular weight excluding hydrogens is 432 g/mol. The summed E-state index contributed by atoms with van der Waals surface area (Å²) in [4.78, 5) is 12.5. The molecule has 0 aliphatic rings. The average Bonchev–Trinajstić information content (AvgIpc) is 3.44. The Labute approximate surface area is 189 Å². The van der Waals surface area contributed by atoms with E-state index in [0.29, 0.717) is 28.3 Å². The van der Waals surface area contributed by atoms with Gasteiger partial charge < -0.3 is 9.73 Å². The number of thioether (sulfide) groups is 1. The van der Waals surface area contributed by atoms with Crippen molar-refractivity contribution in [3.8, 4) is 11.4 Å². The fourth-order valence-electron chi connectivity index (χ4n) is 3.17. The SMILES string of the molecule is CC(NC(=O)CSc1nnc(-c2ccccc2Cl)n1Cc1ccccc1)c1ccco1. The largest absolute Gasteiger partial charge is 0.467 e. The molecule has 4 rings (SSSR count). The molecule has 0 aliphatic carbocycles. The molecule has 1 atom stereocenters. The molecule has 2 heterocycles. The van der Waals surface area contributed by atoms with Gasteiger partial charge in [-0.25, -0.2) is 0 Å². The van der Waals surface area contributed by atoms with Crippen LogP contribution in [0.2, 0.25) is 5.02 Å². The second-order valence-electron chi connectivity index (χ2n) is 6.95. The molecule has 158 valence electrons. The van der Waals surface area contributed by atoms with Crippen LogP contribution in [0.15, 0.2) is 82.6 Å². The van der Waals surface area contributed by atoms with Crippen molar-refractivity contribution >= 4 is 29.3 Å². The Morgan fingerprint density at radius 1 is 1.10 bits per heavy atom. The van der Waals surface area contributed by atoms with Crippen molar-refractivity contribution in [3.63, 3.8) is 0 Å². The summed E-state index contributed by atoms with van der Waals surface area (Å²) in [6.45, 7) is 2.45. The zero-order chi connectivity index (χ0) is 21.6. The molecule has 1 N–H and O–H groups in total. The number of halogens is 1. The third-order valence-corrected chi connectivity index (χ3v) is 5.99. The van der Waals surface area contributed by atoms with Crippen molar-refractivity contribution < 1.29 is 9.21 Å². The standard InChI is InChI=1S/C23H21ClN4O2S/c1-16(20-12-7-13-30-20)25-21(29)15-31-23-27-26-22(18-10-5-6-11-19(18)24)28(23)14-17-8-3-2-4-9-17/h2-13,16H,14-15H2,1H3,(H,25,29). The molecule has 0 saturated heterocycles. The summed E-state index contributed by atoms with van der Waals surface area (Å²) in [6.07, 6.45) is 1.59. The van der Waals surface area contributed by atoms with Gasteiger partial charge in [0.05, 0.1) is 29.6 Å². The van der Waals surface area contributed by atoms with Crippen molar-refractivity contribution in [2.45, 2.75) is 24.7 Å². The van der Waals surface area contributed by atoms with Gasteiger partial charge in [0.2, 0.25) is 5.91 Å². The predicted molar refractivity (Wildman–Crippen MR) is 122 cm³/mol. The number of carbonyl (C=O) groups is 1. The van der Waals surface area contributed by atoms with Crippen LogP contribution in [-0.4, -0.2) is 26.4 Å². The molecule has 0 radical (unpaired) electrons. The quantitative estimate of drug-likeness (QED) is 0.371. The topological polar surface area (TPSA) is 73.0 Å². The molecule has 0 spiro atoms. The molecule has 0 fully saturated rings. The minimum Gasteiger partial charge on any atom is -0.467 e. The smallest absolute Gasteiger partial charge is 0.231 e. The molecule has 4 aromatic rings. The summed E-state index contributed by atoms with van der Waals surface area (Å²) in [7, 11) is 0. The Bertz CT molecular complexity index is 1150. The maximum absolute atomic E-state index is 12.5. The normalized spacial score (nSPS) is 11.9. The van der Waals surface area contributed by atoms with E-state index in [9.17, 15) is 4.79 Å². The van der Waals surface area contributed by atoms with E-state index < -0.39 is 0 Å². The van der Waals surface area contributed by atoms with Gasteiger partial charge in [0.1, 0.15) is 5.76 Å². The number of aromatic nitrogens is 3. The molecule has 1 unspecified atom stereocenters. The lowest BCUT2D eigenvalue weighted by Gasteiger charge is -2.13. The number of amides is 1. The van der Waals surface area contributed by atoms with Crippen molar-refractivity contribution in [1.82, 2.24) is 20.1 Å². The predicted octanol–water partition coefficient (Wildman–Crippen LogP) is 5.21. The molecule has 6 nitrogen and oxygen atoms in total. The van der Waals surface area contributed by atoms with Crippen LogP contribution >= 0.6 is 23.4 Å². The molecular formula is C23H21ClN4O2S. The summed E-state index contributed by atoms with van der Waals surface area (Å²) >= 11 is 7.75. The first-order chi connectivity index (χ1) is 15.1. The van der Waals surface area contributed by atoms with E-state index in [-0.39, 0.29) is 17.7 Å².